The lowest BCUT2D eigenvalue weighted by molar-refractivity contribution is 0.209. The van der Waals surface area contributed by atoms with Crippen LogP contribution in [0.5, 0.6) is 0 Å². The molecule has 1 aliphatic rings. The highest BCUT2D eigenvalue weighted by Gasteiger charge is 2.25. The maximum atomic E-state index is 5.42. The highest BCUT2D eigenvalue weighted by Crippen LogP contribution is 2.34. The second-order valence-corrected chi connectivity index (χ2v) is 4.34. The van der Waals surface area contributed by atoms with E-state index in [-0.39, 0.29) is 0 Å². The van der Waals surface area contributed by atoms with Crippen LogP contribution in [0.1, 0.15) is 39.0 Å². The summed E-state index contributed by atoms with van der Waals surface area (Å²) < 4.78 is 0. The summed E-state index contributed by atoms with van der Waals surface area (Å²) in [5.41, 5.74) is 5.99. The van der Waals surface area contributed by atoms with Crippen molar-refractivity contribution in [3.63, 3.8) is 0 Å². The molecule has 1 saturated carbocycles. The Bertz CT molecular complexity index is 117. The molecule has 0 amide bonds. The highest BCUT2D eigenvalue weighted by atomic mass is 14.9. The summed E-state index contributed by atoms with van der Waals surface area (Å²) in [4.78, 5) is 0. The second kappa shape index (κ2) is 4.83. The van der Waals surface area contributed by atoms with Crippen molar-refractivity contribution in [1.29, 1.82) is 0 Å². The van der Waals surface area contributed by atoms with Gasteiger partial charge < -0.3 is 11.1 Å². The van der Waals surface area contributed by atoms with Crippen molar-refractivity contribution in [2.45, 2.75) is 39.0 Å². The molecule has 0 aromatic carbocycles. The third-order valence-electron chi connectivity index (χ3n) is 2.93. The molecule has 0 saturated heterocycles. The van der Waals surface area contributed by atoms with Gasteiger partial charge in [0.2, 0.25) is 0 Å². The molecule has 0 radical (unpaired) electrons. The van der Waals surface area contributed by atoms with Gasteiger partial charge in [-0.3, -0.25) is 0 Å². The fraction of sp³-hybridized carbons (Fsp3) is 1.00. The maximum Gasteiger partial charge on any atom is 0.00747 e. The molecular formula is C10H22N2. The first-order valence-electron chi connectivity index (χ1n) is 5.18. The van der Waals surface area contributed by atoms with E-state index in [1.165, 1.54) is 32.1 Å². The summed E-state index contributed by atoms with van der Waals surface area (Å²) in [6.45, 7) is 5.28. The Balaban J connectivity index is 2.17. The molecule has 0 spiro atoms. The zero-order valence-electron chi connectivity index (χ0n) is 8.23. The van der Waals surface area contributed by atoms with Crippen LogP contribution in [0.4, 0.5) is 0 Å². The van der Waals surface area contributed by atoms with Crippen molar-refractivity contribution < 1.29 is 0 Å². The van der Waals surface area contributed by atoms with E-state index in [0.717, 1.165) is 19.6 Å². The van der Waals surface area contributed by atoms with E-state index in [2.05, 4.69) is 12.2 Å². The molecule has 1 aliphatic carbocycles. The monoisotopic (exact) mass is 170 g/mol. The first-order chi connectivity index (χ1) is 5.77. The Morgan fingerprint density at radius 1 is 1.25 bits per heavy atom. The summed E-state index contributed by atoms with van der Waals surface area (Å²) in [6.07, 6.45) is 7.06. The average molecular weight is 170 g/mol. The summed E-state index contributed by atoms with van der Waals surface area (Å²) >= 11 is 0. The van der Waals surface area contributed by atoms with E-state index >= 15 is 0 Å². The number of rotatable bonds is 4. The van der Waals surface area contributed by atoms with Crippen LogP contribution in [0.2, 0.25) is 0 Å². The van der Waals surface area contributed by atoms with Crippen molar-refractivity contribution in [2.24, 2.45) is 11.1 Å². The molecule has 0 heterocycles. The molecule has 0 aromatic rings. The third kappa shape index (κ3) is 3.11. The van der Waals surface area contributed by atoms with Crippen molar-refractivity contribution in [3.8, 4) is 0 Å². The van der Waals surface area contributed by atoms with Crippen LogP contribution in [-0.2, 0) is 0 Å². The van der Waals surface area contributed by atoms with Crippen LogP contribution in [-0.4, -0.2) is 19.6 Å². The zero-order chi connectivity index (χ0) is 8.86. The molecular weight excluding hydrogens is 148 g/mol. The largest absolute Gasteiger partial charge is 0.329 e. The van der Waals surface area contributed by atoms with Gasteiger partial charge in [0.1, 0.15) is 0 Å². The van der Waals surface area contributed by atoms with Gasteiger partial charge in [-0.05, 0) is 18.3 Å². The Morgan fingerprint density at radius 2 is 1.92 bits per heavy atom. The summed E-state index contributed by atoms with van der Waals surface area (Å²) in [5.74, 6) is 0. The van der Waals surface area contributed by atoms with Crippen LogP contribution in [0.15, 0.2) is 0 Å². The third-order valence-corrected chi connectivity index (χ3v) is 2.93. The Hall–Kier alpha value is -0.0800. The fourth-order valence-electron chi connectivity index (χ4n) is 2.07. The van der Waals surface area contributed by atoms with E-state index in [1.807, 2.05) is 0 Å². The topological polar surface area (TPSA) is 38.0 Å². The number of nitrogens with two attached hydrogens (primary N) is 1. The molecule has 2 nitrogen and oxygen atoms in total. The number of hydrogen-bond donors (Lipinski definition) is 2. The van der Waals surface area contributed by atoms with Gasteiger partial charge in [0.05, 0.1) is 0 Å². The molecule has 12 heavy (non-hydrogen) atoms. The maximum absolute atomic E-state index is 5.42. The Morgan fingerprint density at radius 3 is 2.50 bits per heavy atom. The van der Waals surface area contributed by atoms with Crippen LogP contribution in [0, 0.1) is 5.41 Å². The Kier molecular flexibility index (Phi) is 4.02. The zero-order valence-corrected chi connectivity index (χ0v) is 8.23. The first-order valence-corrected chi connectivity index (χ1v) is 5.18. The van der Waals surface area contributed by atoms with Gasteiger partial charge in [-0.15, -0.1) is 0 Å². The van der Waals surface area contributed by atoms with Crippen LogP contribution in [0.25, 0.3) is 0 Å². The second-order valence-electron chi connectivity index (χ2n) is 4.34. The molecule has 3 N–H and O–H groups in total. The van der Waals surface area contributed by atoms with Crippen molar-refractivity contribution in [2.75, 3.05) is 19.6 Å². The van der Waals surface area contributed by atoms with Gasteiger partial charge in [0, 0.05) is 19.6 Å². The van der Waals surface area contributed by atoms with Gasteiger partial charge in [0.15, 0.2) is 0 Å². The van der Waals surface area contributed by atoms with E-state index in [4.69, 9.17) is 5.73 Å². The molecule has 0 atom stereocenters. The first kappa shape index (κ1) is 10.0. The number of hydrogen-bond acceptors (Lipinski definition) is 2. The quantitative estimate of drug-likeness (QED) is 0.628. The van der Waals surface area contributed by atoms with Crippen molar-refractivity contribution >= 4 is 0 Å². The molecule has 2 heteroatoms. The van der Waals surface area contributed by atoms with E-state index in [0.29, 0.717) is 5.41 Å². The SMILES string of the molecule is CC1(CNCCN)CCCCC1. The molecule has 0 unspecified atom stereocenters. The smallest absolute Gasteiger partial charge is 0.00747 e. The van der Waals surface area contributed by atoms with Crippen LogP contribution in [0.3, 0.4) is 0 Å². The molecule has 0 bridgehead atoms. The lowest BCUT2D eigenvalue weighted by Gasteiger charge is -2.33. The van der Waals surface area contributed by atoms with E-state index in [1.54, 1.807) is 0 Å². The standard InChI is InChI=1S/C10H22N2/c1-10(9-12-8-7-11)5-3-2-4-6-10/h12H,2-9,11H2,1H3. The lowest BCUT2D eigenvalue weighted by Crippen LogP contribution is -2.35. The van der Waals surface area contributed by atoms with Crippen molar-refractivity contribution in [3.05, 3.63) is 0 Å². The van der Waals surface area contributed by atoms with Crippen molar-refractivity contribution in [1.82, 2.24) is 5.32 Å². The Labute approximate surface area is 75.9 Å². The van der Waals surface area contributed by atoms with Crippen LogP contribution >= 0.6 is 0 Å². The summed E-state index contributed by atoms with van der Waals surface area (Å²) in [7, 11) is 0. The van der Waals surface area contributed by atoms with Gasteiger partial charge in [0.25, 0.3) is 0 Å². The normalized spacial score (nSPS) is 22.5. The van der Waals surface area contributed by atoms with E-state index in [9.17, 15) is 0 Å². The van der Waals surface area contributed by atoms with Gasteiger partial charge >= 0.3 is 0 Å². The molecule has 1 rings (SSSR count). The lowest BCUT2D eigenvalue weighted by atomic mass is 9.76. The van der Waals surface area contributed by atoms with E-state index < -0.39 is 0 Å². The van der Waals surface area contributed by atoms with Gasteiger partial charge in [-0.25, -0.2) is 0 Å². The van der Waals surface area contributed by atoms with Gasteiger partial charge in [-0.2, -0.15) is 0 Å². The molecule has 72 valence electrons. The minimum Gasteiger partial charge on any atom is -0.329 e. The summed E-state index contributed by atoms with van der Waals surface area (Å²) in [5, 5.41) is 3.42. The molecule has 1 fully saturated rings. The molecule has 0 aliphatic heterocycles. The minimum atomic E-state index is 0.563. The average Bonchev–Trinajstić information content (AvgIpc) is 2.06. The molecule has 0 aromatic heterocycles. The summed E-state index contributed by atoms with van der Waals surface area (Å²) in [6, 6.07) is 0. The fourth-order valence-corrected chi connectivity index (χ4v) is 2.07. The van der Waals surface area contributed by atoms with Crippen LogP contribution < -0.4 is 11.1 Å². The minimum absolute atomic E-state index is 0.563. The number of nitrogens with one attached hydrogen (secondary N) is 1. The highest BCUT2D eigenvalue weighted by molar-refractivity contribution is 4.80. The predicted octanol–water partition coefficient (Wildman–Crippen LogP) is 1.51. The predicted molar refractivity (Wildman–Crippen MR) is 53.1 cm³/mol. The van der Waals surface area contributed by atoms with Gasteiger partial charge in [-0.1, -0.05) is 26.2 Å².